The van der Waals surface area contributed by atoms with E-state index in [1.807, 2.05) is 6.92 Å². The summed E-state index contributed by atoms with van der Waals surface area (Å²) in [5.41, 5.74) is 1.22. The van der Waals surface area contributed by atoms with Gasteiger partial charge in [-0.15, -0.1) is 11.3 Å². The third-order valence-corrected chi connectivity index (χ3v) is 3.92. The van der Waals surface area contributed by atoms with Crippen molar-refractivity contribution in [3.8, 4) is 0 Å². The number of hydrogen-bond donors (Lipinski definition) is 0. The Morgan fingerprint density at radius 3 is 2.82 bits per heavy atom. The molecule has 0 saturated carbocycles. The van der Waals surface area contributed by atoms with E-state index >= 15 is 0 Å². The van der Waals surface area contributed by atoms with E-state index in [9.17, 15) is 4.79 Å². The lowest BCUT2D eigenvalue weighted by atomic mass is 10.1. The Kier molecular flexibility index (Phi) is 3.82. The Balaban J connectivity index is 2.21. The molecule has 88 valence electrons. The number of thiazole rings is 1. The zero-order valence-electron chi connectivity index (χ0n) is 9.04. The van der Waals surface area contributed by atoms with Gasteiger partial charge in [0.05, 0.1) is 15.1 Å². The van der Waals surface area contributed by atoms with Crippen molar-refractivity contribution in [3.05, 3.63) is 49.9 Å². The summed E-state index contributed by atoms with van der Waals surface area (Å²) in [6, 6.07) is 5.28. The summed E-state index contributed by atoms with van der Waals surface area (Å²) in [5.74, 6) is -0.0430. The molecule has 0 amide bonds. The van der Waals surface area contributed by atoms with Crippen molar-refractivity contribution in [1.29, 1.82) is 0 Å². The summed E-state index contributed by atoms with van der Waals surface area (Å²) >= 11 is 13.4. The van der Waals surface area contributed by atoms with E-state index in [4.69, 9.17) is 23.2 Å². The first-order chi connectivity index (χ1) is 8.08. The second-order valence-electron chi connectivity index (χ2n) is 3.56. The molecular weight excluding hydrogens is 277 g/mol. The van der Waals surface area contributed by atoms with Crippen LogP contribution in [0, 0.1) is 6.92 Å². The van der Waals surface area contributed by atoms with E-state index < -0.39 is 0 Å². The van der Waals surface area contributed by atoms with Crippen LogP contribution in [-0.2, 0) is 6.42 Å². The smallest absolute Gasteiger partial charge is 0.186 e. The number of ketones is 1. The summed E-state index contributed by atoms with van der Waals surface area (Å²) < 4.78 is 0. The molecule has 0 atom stereocenters. The van der Waals surface area contributed by atoms with Gasteiger partial charge in [-0.2, -0.15) is 0 Å². The number of halogens is 2. The van der Waals surface area contributed by atoms with Crippen molar-refractivity contribution >= 4 is 40.3 Å². The number of aromatic nitrogens is 1. The highest BCUT2D eigenvalue weighted by molar-refractivity contribution is 7.09. The minimum Gasteiger partial charge on any atom is -0.292 e. The molecule has 5 heteroatoms. The molecule has 0 saturated heterocycles. The van der Waals surface area contributed by atoms with Crippen molar-refractivity contribution in [2.45, 2.75) is 13.3 Å². The number of hydrogen-bond acceptors (Lipinski definition) is 3. The molecular formula is C12H9Cl2NOS. The van der Waals surface area contributed by atoms with Gasteiger partial charge in [0.15, 0.2) is 5.78 Å². The second-order valence-corrected chi connectivity index (χ2v) is 5.41. The molecule has 0 aliphatic rings. The van der Waals surface area contributed by atoms with Gasteiger partial charge in [-0.3, -0.25) is 4.79 Å². The van der Waals surface area contributed by atoms with Crippen LogP contribution in [0.4, 0.5) is 0 Å². The molecule has 0 fully saturated rings. The Morgan fingerprint density at radius 2 is 2.18 bits per heavy atom. The van der Waals surface area contributed by atoms with Crippen LogP contribution in [0.25, 0.3) is 0 Å². The average Bonchev–Trinajstić information content (AvgIpc) is 2.72. The first kappa shape index (κ1) is 12.6. The maximum absolute atomic E-state index is 11.9. The third-order valence-electron chi connectivity index (χ3n) is 2.29. The number of nitrogens with zero attached hydrogens (tertiary/aromatic N) is 1. The van der Waals surface area contributed by atoms with Crippen LogP contribution >= 0.6 is 34.5 Å². The van der Waals surface area contributed by atoms with Crippen LogP contribution in [0.2, 0.25) is 10.0 Å². The molecule has 1 aromatic carbocycles. The molecule has 0 unspecified atom stereocenters. The van der Waals surface area contributed by atoms with Crippen molar-refractivity contribution in [2.24, 2.45) is 0 Å². The zero-order chi connectivity index (χ0) is 12.4. The molecule has 2 aromatic rings. The fraction of sp³-hybridized carbons (Fsp3) is 0.167. The van der Waals surface area contributed by atoms with Gasteiger partial charge >= 0.3 is 0 Å². The van der Waals surface area contributed by atoms with Crippen molar-refractivity contribution in [1.82, 2.24) is 4.98 Å². The maximum atomic E-state index is 11.9. The molecule has 1 heterocycles. The predicted octanol–water partition coefficient (Wildman–Crippen LogP) is 4.18. The highest BCUT2D eigenvalue weighted by atomic mass is 35.5. The van der Waals surface area contributed by atoms with Gasteiger partial charge in [-0.05, 0) is 18.6 Å². The summed E-state index contributed by atoms with van der Waals surface area (Å²) in [4.78, 5) is 16.1. The zero-order valence-corrected chi connectivity index (χ0v) is 11.4. The van der Waals surface area contributed by atoms with E-state index in [2.05, 4.69) is 4.98 Å². The SMILES string of the molecule is Cc1nc(C(=O)Cc2cccc(Cl)c2Cl)cs1. The lowest BCUT2D eigenvalue weighted by Gasteiger charge is -2.03. The topological polar surface area (TPSA) is 30.0 Å². The van der Waals surface area contributed by atoms with Gasteiger partial charge in [0.25, 0.3) is 0 Å². The van der Waals surface area contributed by atoms with Crippen LogP contribution in [0.1, 0.15) is 21.1 Å². The predicted molar refractivity (Wildman–Crippen MR) is 71.3 cm³/mol. The molecule has 0 N–H and O–H groups in total. The molecule has 0 aliphatic carbocycles. The van der Waals surface area contributed by atoms with Crippen molar-refractivity contribution < 1.29 is 4.79 Å². The second kappa shape index (κ2) is 5.17. The van der Waals surface area contributed by atoms with Gasteiger partial charge in [-0.25, -0.2) is 4.98 Å². The van der Waals surface area contributed by atoms with Gasteiger partial charge in [-0.1, -0.05) is 35.3 Å². The Hall–Kier alpha value is -0.900. The minimum absolute atomic E-state index is 0.0430. The lowest BCUT2D eigenvalue weighted by Crippen LogP contribution is -2.04. The first-order valence-corrected chi connectivity index (χ1v) is 6.59. The molecule has 2 rings (SSSR count). The number of carbonyl (C=O) groups excluding carboxylic acids is 1. The summed E-state index contributed by atoms with van der Waals surface area (Å²) in [5, 5.41) is 3.54. The largest absolute Gasteiger partial charge is 0.292 e. The van der Waals surface area contributed by atoms with Gasteiger partial charge in [0.1, 0.15) is 5.69 Å². The monoisotopic (exact) mass is 285 g/mol. The molecule has 1 aromatic heterocycles. The van der Waals surface area contributed by atoms with Crippen LogP contribution in [0.5, 0.6) is 0 Å². The van der Waals surface area contributed by atoms with Crippen molar-refractivity contribution in [3.63, 3.8) is 0 Å². The third kappa shape index (κ3) is 2.86. The molecule has 0 bridgehead atoms. The Labute approximate surface area is 113 Å². The van der Waals surface area contributed by atoms with E-state index in [1.54, 1.807) is 23.6 Å². The van der Waals surface area contributed by atoms with Gasteiger partial charge in [0, 0.05) is 11.8 Å². The van der Waals surface area contributed by atoms with E-state index in [0.29, 0.717) is 15.7 Å². The molecule has 0 aliphatic heterocycles. The Bertz CT molecular complexity index is 565. The van der Waals surface area contributed by atoms with E-state index in [1.165, 1.54) is 11.3 Å². The normalized spacial score (nSPS) is 10.5. The first-order valence-electron chi connectivity index (χ1n) is 4.96. The Morgan fingerprint density at radius 1 is 1.41 bits per heavy atom. The number of benzene rings is 1. The van der Waals surface area contributed by atoms with Gasteiger partial charge < -0.3 is 0 Å². The number of aryl methyl sites for hydroxylation is 1. The molecule has 0 spiro atoms. The summed E-state index contributed by atoms with van der Waals surface area (Å²) in [7, 11) is 0. The summed E-state index contributed by atoms with van der Waals surface area (Å²) in [6.07, 6.45) is 0.225. The molecule has 0 radical (unpaired) electrons. The van der Waals surface area contributed by atoms with Crippen LogP contribution in [0.15, 0.2) is 23.6 Å². The molecule has 2 nitrogen and oxygen atoms in total. The molecule has 17 heavy (non-hydrogen) atoms. The number of carbonyl (C=O) groups is 1. The van der Waals surface area contributed by atoms with Crippen LogP contribution in [-0.4, -0.2) is 10.8 Å². The fourth-order valence-electron chi connectivity index (χ4n) is 1.44. The van der Waals surface area contributed by atoms with Crippen molar-refractivity contribution in [2.75, 3.05) is 0 Å². The fourth-order valence-corrected chi connectivity index (χ4v) is 2.44. The maximum Gasteiger partial charge on any atom is 0.186 e. The van der Waals surface area contributed by atoms with E-state index in [-0.39, 0.29) is 12.2 Å². The average molecular weight is 286 g/mol. The number of Topliss-reactive ketones (excluding diaryl/α,β-unsaturated/α-hetero) is 1. The summed E-state index contributed by atoms with van der Waals surface area (Å²) in [6.45, 7) is 1.87. The van der Waals surface area contributed by atoms with E-state index in [0.717, 1.165) is 10.6 Å². The minimum atomic E-state index is -0.0430. The number of rotatable bonds is 3. The standard InChI is InChI=1S/C12H9Cl2NOS/c1-7-15-10(6-17-7)11(16)5-8-3-2-4-9(13)12(8)14/h2-4,6H,5H2,1H3. The quantitative estimate of drug-likeness (QED) is 0.792. The van der Waals surface area contributed by atoms with Crippen LogP contribution < -0.4 is 0 Å². The van der Waals surface area contributed by atoms with Crippen LogP contribution in [0.3, 0.4) is 0 Å². The highest BCUT2D eigenvalue weighted by Gasteiger charge is 2.13. The highest BCUT2D eigenvalue weighted by Crippen LogP contribution is 2.26. The van der Waals surface area contributed by atoms with Gasteiger partial charge in [0.2, 0.25) is 0 Å². The lowest BCUT2D eigenvalue weighted by molar-refractivity contribution is 0.0989.